The van der Waals surface area contributed by atoms with Crippen LogP contribution in [0.3, 0.4) is 0 Å². The van der Waals surface area contributed by atoms with Crippen LogP contribution in [0.1, 0.15) is 43.2 Å². The van der Waals surface area contributed by atoms with Crippen molar-refractivity contribution in [2.45, 2.75) is 50.1 Å². The van der Waals surface area contributed by atoms with Crippen LogP contribution in [0.4, 0.5) is 0 Å². The molecule has 0 aromatic heterocycles. The number of hydrogen-bond acceptors (Lipinski definition) is 2. The average molecular weight is 270 g/mol. The van der Waals surface area contributed by atoms with E-state index in [0.717, 1.165) is 12.8 Å². The molecule has 2 atom stereocenters. The smallest absolute Gasteiger partial charge is 0.0608 e. The van der Waals surface area contributed by atoms with Gasteiger partial charge in [-0.25, -0.2) is 0 Å². The molecule has 2 heteroatoms. The summed E-state index contributed by atoms with van der Waals surface area (Å²) < 4.78 is 0. The lowest BCUT2D eigenvalue weighted by Gasteiger charge is -2.39. The number of likely N-dealkylation sites (tertiary alicyclic amines) is 1. The summed E-state index contributed by atoms with van der Waals surface area (Å²) in [6.45, 7) is 6.35. The topological polar surface area (TPSA) is 29.3 Å². The van der Waals surface area contributed by atoms with Crippen molar-refractivity contribution in [1.82, 2.24) is 4.90 Å². The van der Waals surface area contributed by atoms with E-state index in [9.17, 15) is 0 Å². The van der Waals surface area contributed by atoms with Crippen molar-refractivity contribution in [3.8, 4) is 0 Å². The standard InChI is InChI=1S/C18H26N2/c1-2-11-18(19)16-10-6-5-9-15(16)14-17(18)20-12-7-3-4-8-13-20/h2,5-6,9-10,17H,1,3-4,7-8,11-14,19H2. The largest absolute Gasteiger partial charge is 0.320 e. The number of fused-ring (bicyclic) bond motifs is 1. The van der Waals surface area contributed by atoms with E-state index < -0.39 is 0 Å². The number of nitrogens with zero attached hydrogens (tertiary/aromatic N) is 1. The second-order valence-electron chi connectivity index (χ2n) is 6.36. The van der Waals surface area contributed by atoms with Gasteiger partial charge >= 0.3 is 0 Å². The molecule has 0 spiro atoms. The highest BCUT2D eigenvalue weighted by Crippen LogP contribution is 2.41. The number of rotatable bonds is 3. The maximum absolute atomic E-state index is 6.89. The van der Waals surface area contributed by atoms with Crippen molar-refractivity contribution in [3.05, 3.63) is 48.0 Å². The van der Waals surface area contributed by atoms with Crippen molar-refractivity contribution in [3.63, 3.8) is 0 Å². The summed E-state index contributed by atoms with van der Waals surface area (Å²) >= 11 is 0. The first-order valence-corrected chi connectivity index (χ1v) is 7.98. The maximum atomic E-state index is 6.89. The fraction of sp³-hybridized carbons (Fsp3) is 0.556. The summed E-state index contributed by atoms with van der Waals surface area (Å²) in [4.78, 5) is 2.65. The Bertz CT molecular complexity index is 474. The van der Waals surface area contributed by atoms with Crippen LogP contribution in [0.5, 0.6) is 0 Å². The van der Waals surface area contributed by atoms with E-state index >= 15 is 0 Å². The Labute approximate surface area is 122 Å². The minimum atomic E-state index is -0.247. The summed E-state index contributed by atoms with van der Waals surface area (Å²) in [5.74, 6) is 0. The third-order valence-electron chi connectivity index (χ3n) is 5.09. The molecule has 2 N–H and O–H groups in total. The molecule has 20 heavy (non-hydrogen) atoms. The second kappa shape index (κ2) is 5.71. The van der Waals surface area contributed by atoms with Gasteiger partial charge in [-0.2, -0.15) is 0 Å². The molecule has 0 saturated carbocycles. The molecule has 1 aliphatic carbocycles. The molecule has 3 rings (SSSR count). The fourth-order valence-electron chi connectivity index (χ4n) is 4.07. The normalized spacial score (nSPS) is 30.8. The molecule has 1 aromatic rings. The highest BCUT2D eigenvalue weighted by molar-refractivity contribution is 5.42. The Balaban J connectivity index is 1.92. The zero-order chi connectivity index (χ0) is 14.0. The summed E-state index contributed by atoms with van der Waals surface area (Å²) in [6.07, 6.45) is 9.33. The van der Waals surface area contributed by atoms with Crippen molar-refractivity contribution in [2.24, 2.45) is 5.73 Å². The molecule has 1 saturated heterocycles. The van der Waals surface area contributed by atoms with Crippen LogP contribution in [0.2, 0.25) is 0 Å². The molecule has 1 aromatic carbocycles. The predicted octanol–water partition coefficient (Wildman–Crippen LogP) is 3.22. The van der Waals surface area contributed by atoms with Gasteiger partial charge in [0.15, 0.2) is 0 Å². The van der Waals surface area contributed by atoms with Gasteiger partial charge in [0.05, 0.1) is 5.54 Å². The van der Waals surface area contributed by atoms with Gasteiger partial charge in [-0.3, -0.25) is 4.90 Å². The lowest BCUT2D eigenvalue weighted by molar-refractivity contribution is 0.135. The number of hydrogen-bond donors (Lipinski definition) is 1. The summed E-state index contributed by atoms with van der Waals surface area (Å²) in [5.41, 5.74) is 9.43. The molecule has 0 radical (unpaired) electrons. The van der Waals surface area contributed by atoms with E-state index in [2.05, 4.69) is 35.7 Å². The van der Waals surface area contributed by atoms with Crippen molar-refractivity contribution < 1.29 is 0 Å². The quantitative estimate of drug-likeness (QED) is 0.855. The third kappa shape index (κ3) is 2.32. The summed E-state index contributed by atoms with van der Waals surface area (Å²) in [6, 6.07) is 9.16. The predicted molar refractivity (Wildman–Crippen MR) is 84.7 cm³/mol. The Hall–Kier alpha value is -1.12. The molecule has 1 heterocycles. The lowest BCUT2D eigenvalue weighted by atomic mass is 9.85. The number of benzene rings is 1. The molecule has 108 valence electrons. The van der Waals surface area contributed by atoms with Crippen LogP contribution in [0, 0.1) is 0 Å². The van der Waals surface area contributed by atoms with Crippen LogP contribution >= 0.6 is 0 Å². The minimum absolute atomic E-state index is 0.247. The summed E-state index contributed by atoms with van der Waals surface area (Å²) in [5, 5.41) is 0. The zero-order valence-corrected chi connectivity index (χ0v) is 12.4. The van der Waals surface area contributed by atoms with Crippen molar-refractivity contribution in [1.29, 1.82) is 0 Å². The van der Waals surface area contributed by atoms with Gasteiger partial charge in [-0.05, 0) is 49.9 Å². The SMILES string of the molecule is C=CCC1(N)c2ccccc2CC1N1CCCCCC1. The second-order valence-corrected chi connectivity index (χ2v) is 6.36. The molecule has 0 amide bonds. The van der Waals surface area contributed by atoms with Gasteiger partial charge in [-0.15, -0.1) is 6.58 Å². The van der Waals surface area contributed by atoms with E-state index in [1.54, 1.807) is 0 Å². The van der Waals surface area contributed by atoms with Gasteiger partial charge in [-0.1, -0.05) is 43.2 Å². The van der Waals surface area contributed by atoms with E-state index in [0.29, 0.717) is 6.04 Å². The molecule has 1 fully saturated rings. The molecule has 2 unspecified atom stereocenters. The molecule has 1 aliphatic heterocycles. The third-order valence-corrected chi connectivity index (χ3v) is 5.09. The monoisotopic (exact) mass is 270 g/mol. The highest BCUT2D eigenvalue weighted by Gasteiger charge is 2.45. The average Bonchev–Trinajstić information content (AvgIpc) is 2.64. The van der Waals surface area contributed by atoms with Gasteiger partial charge in [0.1, 0.15) is 0 Å². The Morgan fingerprint density at radius 1 is 1.20 bits per heavy atom. The lowest BCUT2D eigenvalue weighted by Crippen LogP contribution is -2.54. The zero-order valence-electron chi connectivity index (χ0n) is 12.4. The summed E-state index contributed by atoms with van der Waals surface area (Å²) in [7, 11) is 0. The van der Waals surface area contributed by atoms with E-state index in [1.165, 1.54) is 49.9 Å². The Morgan fingerprint density at radius 2 is 1.90 bits per heavy atom. The van der Waals surface area contributed by atoms with Gasteiger partial charge in [0.2, 0.25) is 0 Å². The molecule has 0 bridgehead atoms. The molecular formula is C18H26N2. The molecule has 2 nitrogen and oxygen atoms in total. The highest BCUT2D eigenvalue weighted by atomic mass is 15.2. The van der Waals surface area contributed by atoms with Crippen LogP contribution in [-0.2, 0) is 12.0 Å². The van der Waals surface area contributed by atoms with Crippen LogP contribution in [0.25, 0.3) is 0 Å². The van der Waals surface area contributed by atoms with Crippen molar-refractivity contribution >= 4 is 0 Å². The van der Waals surface area contributed by atoms with E-state index in [4.69, 9.17) is 5.73 Å². The van der Waals surface area contributed by atoms with Crippen LogP contribution in [0.15, 0.2) is 36.9 Å². The van der Waals surface area contributed by atoms with Crippen LogP contribution < -0.4 is 5.73 Å². The van der Waals surface area contributed by atoms with Crippen LogP contribution in [-0.4, -0.2) is 24.0 Å². The molecular weight excluding hydrogens is 244 g/mol. The maximum Gasteiger partial charge on any atom is 0.0608 e. The minimum Gasteiger partial charge on any atom is -0.320 e. The van der Waals surface area contributed by atoms with E-state index in [1.807, 2.05) is 6.08 Å². The van der Waals surface area contributed by atoms with E-state index in [-0.39, 0.29) is 5.54 Å². The Morgan fingerprint density at radius 3 is 2.60 bits per heavy atom. The van der Waals surface area contributed by atoms with Gasteiger partial charge < -0.3 is 5.73 Å². The first-order valence-electron chi connectivity index (χ1n) is 7.98. The first-order chi connectivity index (χ1) is 9.75. The first kappa shape index (κ1) is 13.8. The number of nitrogens with two attached hydrogens (primary N) is 1. The molecule has 2 aliphatic rings. The Kier molecular flexibility index (Phi) is 3.95. The van der Waals surface area contributed by atoms with Crippen molar-refractivity contribution in [2.75, 3.05) is 13.1 Å². The van der Waals surface area contributed by atoms with Gasteiger partial charge in [0, 0.05) is 6.04 Å². The van der Waals surface area contributed by atoms with Gasteiger partial charge in [0.25, 0.3) is 0 Å². The fourth-order valence-corrected chi connectivity index (χ4v) is 4.07.